The van der Waals surface area contributed by atoms with Crippen LogP contribution < -0.4 is 10.1 Å². The van der Waals surface area contributed by atoms with Crippen molar-refractivity contribution in [3.8, 4) is 11.5 Å². The third-order valence-electron chi connectivity index (χ3n) is 2.86. The van der Waals surface area contributed by atoms with Gasteiger partial charge in [0.25, 0.3) is 0 Å². The summed E-state index contributed by atoms with van der Waals surface area (Å²) in [6.45, 7) is 1.09. The van der Waals surface area contributed by atoms with Crippen molar-refractivity contribution in [3.63, 3.8) is 0 Å². The number of aromatic hydroxyl groups is 1. The van der Waals surface area contributed by atoms with Gasteiger partial charge in [0.05, 0.1) is 13.7 Å². The average Bonchev–Trinajstić information content (AvgIpc) is 2.79. The van der Waals surface area contributed by atoms with Crippen molar-refractivity contribution >= 4 is 11.6 Å². The fourth-order valence-electron chi connectivity index (χ4n) is 1.79. The van der Waals surface area contributed by atoms with Gasteiger partial charge in [-0.25, -0.2) is 4.98 Å². The van der Waals surface area contributed by atoms with Crippen molar-refractivity contribution < 1.29 is 9.84 Å². The minimum Gasteiger partial charge on any atom is -0.504 e. The molecule has 0 spiro atoms. The van der Waals surface area contributed by atoms with E-state index >= 15 is 0 Å². The van der Waals surface area contributed by atoms with Crippen LogP contribution in [0.2, 0.25) is 5.02 Å². The molecule has 2 aromatic rings. The molecular formula is C13H16ClN3O2. The molecule has 0 unspecified atom stereocenters. The molecule has 0 fully saturated rings. The molecule has 5 nitrogen and oxygen atoms in total. The first-order chi connectivity index (χ1) is 9.11. The predicted octanol–water partition coefficient (Wildman–Crippen LogP) is 2.08. The number of nitrogens with zero attached hydrogens (tertiary/aromatic N) is 2. The zero-order chi connectivity index (χ0) is 13.8. The fraction of sp³-hybridized carbons (Fsp3) is 0.308. The third kappa shape index (κ3) is 3.19. The number of phenols is 1. The highest BCUT2D eigenvalue weighted by molar-refractivity contribution is 6.30. The van der Waals surface area contributed by atoms with E-state index in [4.69, 9.17) is 16.3 Å². The lowest BCUT2D eigenvalue weighted by atomic mass is 10.2. The van der Waals surface area contributed by atoms with E-state index < -0.39 is 0 Å². The normalized spacial score (nSPS) is 10.7. The number of aryl methyl sites for hydroxylation is 1. The first kappa shape index (κ1) is 13.7. The van der Waals surface area contributed by atoms with E-state index in [0.29, 0.717) is 29.4 Å². The Labute approximate surface area is 116 Å². The van der Waals surface area contributed by atoms with Crippen LogP contribution in [0.25, 0.3) is 0 Å². The maximum atomic E-state index is 9.98. The number of rotatable bonds is 5. The summed E-state index contributed by atoms with van der Waals surface area (Å²) >= 11 is 5.97. The van der Waals surface area contributed by atoms with Gasteiger partial charge in [-0.2, -0.15) is 0 Å². The number of phenolic OH excluding ortho intramolecular Hbond substituents is 1. The Bertz CT molecular complexity index is 569. The lowest BCUT2D eigenvalue weighted by molar-refractivity contribution is 0.369. The molecule has 0 atom stereocenters. The number of nitrogens with one attached hydrogen (secondary N) is 1. The minimum absolute atomic E-state index is 0.110. The van der Waals surface area contributed by atoms with Crippen LogP contribution in [0.5, 0.6) is 11.5 Å². The Morgan fingerprint density at radius 2 is 2.21 bits per heavy atom. The topological polar surface area (TPSA) is 59.3 Å². The minimum atomic E-state index is 0.110. The molecule has 0 bridgehead atoms. The highest BCUT2D eigenvalue weighted by Gasteiger charge is 2.10. The summed E-state index contributed by atoms with van der Waals surface area (Å²) in [5.41, 5.74) is 0.693. The standard InChI is InChI=1S/C13H16ClN3O2/c1-17-4-3-16-12(17)8-15-7-9-5-10(14)6-11(19-2)13(9)18/h3-6,15,18H,7-8H2,1-2H3. The highest BCUT2D eigenvalue weighted by atomic mass is 35.5. The Morgan fingerprint density at radius 1 is 1.42 bits per heavy atom. The molecule has 6 heteroatoms. The smallest absolute Gasteiger partial charge is 0.162 e. The average molecular weight is 282 g/mol. The molecule has 0 saturated heterocycles. The van der Waals surface area contributed by atoms with E-state index in [0.717, 1.165) is 5.82 Å². The van der Waals surface area contributed by atoms with Crippen molar-refractivity contribution in [1.29, 1.82) is 0 Å². The maximum absolute atomic E-state index is 9.98. The summed E-state index contributed by atoms with van der Waals surface area (Å²) in [7, 11) is 3.43. The number of benzene rings is 1. The Morgan fingerprint density at radius 3 is 2.84 bits per heavy atom. The number of methoxy groups -OCH3 is 1. The number of aromatic nitrogens is 2. The van der Waals surface area contributed by atoms with Crippen LogP contribution in [-0.2, 0) is 20.1 Å². The highest BCUT2D eigenvalue weighted by Crippen LogP contribution is 2.33. The lowest BCUT2D eigenvalue weighted by Gasteiger charge is -2.11. The van der Waals surface area contributed by atoms with Crippen LogP contribution in [0.1, 0.15) is 11.4 Å². The zero-order valence-corrected chi connectivity index (χ0v) is 11.6. The molecule has 102 valence electrons. The molecule has 0 aliphatic rings. The van der Waals surface area contributed by atoms with Gasteiger partial charge in [0.1, 0.15) is 5.82 Å². The second kappa shape index (κ2) is 5.95. The Hall–Kier alpha value is -1.72. The van der Waals surface area contributed by atoms with Gasteiger partial charge in [-0.05, 0) is 6.07 Å². The van der Waals surface area contributed by atoms with Crippen LogP contribution in [-0.4, -0.2) is 21.8 Å². The van der Waals surface area contributed by atoms with E-state index in [2.05, 4.69) is 10.3 Å². The number of hydrogen-bond donors (Lipinski definition) is 2. The molecular weight excluding hydrogens is 266 g/mol. The summed E-state index contributed by atoms with van der Waals surface area (Å²) < 4.78 is 7.00. The van der Waals surface area contributed by atoms with Gasteiger partial charge in [-0.1, -0.05) is 11.6 Å². The molecule has 2 N–H and O–H groups in total. The van der Waals surface area contributed by atoms with Crippen LogP contribution >= 0.6 is 11.6 Å². The van der Waals surface area contributed by atoms with Gasteiger partial charge in [-0.15, -0.1) is 0 Å². The summed E-state index contributed by atoms with van der Waals surface area (Å²) in [5, 5.41) is 13.7. The van der Waals surface area contributed by atoms with E-state index in [9.17, 15) is 5.11 Å². The van der Waals surface area contributed by atoms with Crippen molar-refractivity contribution in [2.75, 3.05) is 7.11 Å². The van der Waals surface area contributed by atoms with Crippen LogP contribution in [0.4, 0.5) is 0 Å². The number of imidazole rings is 1. The quantitative estimate of drug-likeness (QED) is 0.881. The van der Waals surface area contributed by atoms with Gasteiger partial charge in [0.15, 0.2) is 11.5 Å². The summed E-state index contributed by atoms with van der Waals surface area (Å²) in [4.78, 5) is 4.21. The lowest BCUT2D eigenvalue weighted by Crippen LogP contribution is -2.15. The second-order valence-corrected chi connectivity index (χ2v) is 4.61. The van der Waals surface area contributed by atoms with Gasteiger partial charge in [-0.3, -0.25) is 0 Å². The monoisotopic (exact) mass is 281 g/mol. The van der Waals surface area contributed by atoms with E-state index in [1.54, 1.807) is 18.3 Å². The van der Waals surface area contributed by atoms with Crippen LogP contribution in [0.15, 0.2) is 24.5 Å². The van der Waals surface area contributed by atoms with E-state index in [1.807, 2.05) is 17.8 Å². The molecule has 0 aliphatic carbocycles. The Balaban J connectivity index is 2.03. The van der Waals surface area contributed by atoms with Gasteiger partial charge < -0.3 is 19.7 Å². The van der Waals surface area contributed by atoms with Gasteiger partial charge >= 0.3 is 0 Å². The number of ether oxygens (including phenoxy) is 1. The van der Waals surface area contributed by atoms with Gasteiger partial charge in [0.2, 0.25) is 0 Å². The molecule has 19 heavy (non-hydrogen) atoms. The largest absolute Gasteiger partial charge is 0.504 e. The number of hydrogen-bond acceptors (Lipinski definition) is 4. The summed E-state index contributed by atoms with van der Waals surface area (Å²) in [6.07, 6.45) is 3.63. The predicted molar refractivity (Wildman–Crippen MR) is 73.4 cm³/mol. The van der Waals surface area contributed by atoms with Gasteiger partial charge in [0, 0.05) is 42.6 Å². The summed E-state index contributed by atoms with van der Waals surface area (Å²) in [5.74, 6) is 1.41. The van der Waals surface area contributed by atoms with Crippen molar-refractivity contribution in [1.82, 2.24) is 14.9 Å². The SMILES string of the molecule is COc1cc(Cl)cc(CNCc2nccn2C)c1O. The summed E-state index contributed by atoms with van der Waals surface area (Å²) in [6, 6.07) is 3.30. The van der Waals surface area contributed by atoms with Crippen molar-refractivity contribution in [3.05, 3.63) is 40.9 Å². The first-order valence-electron chi connectivity index (χ1n) is 5.84. The Kier molecular flexibility index (Phi) is 4.29. The second-order valence-electron chi connectivity index (χ2n) is 4.17. The molecule has 1 aromatic carbocycles. The third-order valence-corrected chi connectivity index (χ3v) is 3.08. The maximum Gasteiger partial charge on any atom is 0.162 e. The van der Waals surface area contributed by atoms with Crippen LogP contribution in [0.3, 0.4) is 0 Å². The van der Waals surface area contributed by atoms with Crippen molar-refractivity contribution in [2.45, 2.75) is 13.1 Å². The van der Waals surface area contributed by atoms with E-state index in [-0.39, 0.29) is 5.75 Å². The zero-order valence-electron chi connectivity index (χ0n) is 10.9. The first-order valence-corrected chi connectivity index (χ1v) is 6.22. The molecule has 1 heterocycles. The fourth-order valence-corrected chi connectivity index (χ4v) is 2.03. The molecule has 0 radical (unpaired) electrons. The molecule has 2 rings (SSSR count). The molecule has 0 amide bonds. The molecule has 0 aliphatic heterocycles. The number of halogens is 1. The van der Waals surface area contributed by atoms with Crippen molar-refractivity contribution in [2.24, 2.45) is 7.05 Å². The molecule has 0 saturated carbocycles. The molecule has 1 aromatic heterocycles. The van der Waals surface area contributed by atoms with E-state index in [1.165, 1.54) is 7.11 Å². The van der Waals surface area contributed by atoms with Crippen LogP contribution in [0, 0.1) is 0 Å².